The topological polar surface area (TPSA) is 49.3 Å². The van der Waals surface area contributed by atoms with Gasteiger partial charge in [0.25, 0.3) is 5.91 Å². The number of hydrogen-bond donors (Lipinski definition) is 0. The van der Waals surface area contributed by atoms with Gasteiger partial charge in [0.2, 0.25) is 0 Å². The van der Waals surface area contributed by atoms with Crippen LogP contribution in [0.4, 0.5) is 0 Å². The van der Waals surface area contributed by atoms with Crippen molar-refractivity contribution in [1.29, 1.82) is 0 Å². The van der Waals surface area contributed by atoms with E-state index in [1.54, 1.807) is 0 Å². The maximum atomic E-state index is 13.3. The molecule has 5 heteroatoms. The van der Waals surface area contributed by atoms with Crippen LogP contribution in [-0.2, 0) is 0 Å². The Morgan fingerprint density at radius 1 is 0.889 bits per heavy atom. The van der Waals surface area contributed by atoms with Crippen LogP contribution in [0.25, 0.3) is 22.3 Å². The molecule has 27 heavy (non-hydrogen) atoms. The molecule has 0 radical (unpaired) electrons. The van der Waals surface area contributed by atoms with E-state index < -0.39 is 0 Å². The predicted molar refractivity (Wildman–Crippen MR) is 108 cm³/mol. The molecule has 0 atom stereocenters. The number of hydrogen-bond acceptors (Lipinski definition) is 4. The van der Waals surface area contributed by atoms with Gasteiger partial charge in [0.1, 0.15) is 5.69 Å². The largest absolute Gasteiger partial charge is 0.335 e. The first-order chi connectivity index (χ1) is 13.1. The number of carbonyl (C=O) groups is 1. The van der Waals surface area contributed by atoms with E-state index in [0.29, 0.717) is 17.6 Å². The molecule has 1 saturated heterocycles. The highest BCUT2D eigenvalue weighted by Gasteiger charge is 2.26. The van der Waals surface area contributed by atoms with Crippen molar-refractivity contribution in [2.45, 2.75) is 19.9 Å². The lowest BCUT2D eigenvalue weighted by molar-refractivity contribution is 0.0592. The van der Waals surface area contributed by atoms with E-state index in [0.717, 1.165) is 42.6 Å². The van der Waals surface area contributed by atoms with E-state index in [9.17, 15) is 4.79 Å². The van der Waals surface area contributed by atoms with Gasteiger partial charge in [-0.25, -0.2) is 9.97 Å². The molecule has 0 N–H and O–H groups in total. The molecule has 2 aromatic carbocycles. The summed E-state index contributed by atoms with van der Waals surface area (Å²) in [5.74, 6) is 0.590. The molecule has 0 unspecified atom stereocenters. The van der Waals surface area contributed by atoms with Crippen LogP contribution in [0.1, 0.15) is 24.3 Å². The number of carbonyl (C=O) groups excluding carboxylic acids is 1. The minimum Gasteiger partial charge on any atom is -0.335 e. The maximum Gasteiger partial charge on any atom is 0.273 e. The molecule has 4 rings (SSSR count). The van der Waals surface area contributed by atoms with E-state index >= 15 is 0 Å². The van der Waals surface area contributed by atoms with Crippen molar-refractivity contribution >= 4 is 16.8 Å². The monoisotopic (exact) mass is 360 g/mol. The molecule has 0 bridgehead atoms. The first-order valence-electron chi connectivity index (χ1n) is 9.49. The second-order valence-electron chi connectivity index (χ2n) is 7.20. The number of piperazine rings is 1. The van der Waals surface area contributed by atoms with Gasteiger partial charge < -0.3 is 4.90 Å². The fraction of sp³-hybridized carbons (Fsp3) is 0.318. The Labute approximate surface area is 159 Å². The second kappa shape index (κ2) is 7.45. The van der Waals surface area contributed by atoms with Crippen LogP contribution < -0.4 is 0 Å². The number of fused-ring (bicyclic) bond motifs is 1. The second-order valence-corrected chi connectivity index (χ2v) is 7.20. The Morgan fingerprint density at radius 3 is 2.26 bits per heavy atom. The number of nitrogens with zero attached hydrogens (tertiary/aromatic N) is 4. The zero-order valence-corrected chi connectivity index (χ0v) is 15.8. The summed E-state index contributed by atoms with van der Waals surface area (Å²) in [6.07, 6.45) is 0. The van der Waals surface area contributed by atoms with Crippen molar-refractivity contribution in [2.24, 2.45) is 0 Å². The van der Waals surface area contributed by atoms with Gasteiger partial charge in [0.15, 0.2) is 5.82 Å². The number of rotatable bonds is 3. The summed E-state index contributed by atoms with van der Waals surface area (Å²) in [7, 11) is 0. The lowest BCUT2D eigenvalue weighted by Gasteiger charge is -2.36. The van der Waals surface area contributed by atoms with Crippen LogP contribution in [0.2, 0.25) is 0 Å². The van der Waals surface area contributed by atoms with Gasteiger partial charge in [-0.2, -0.15) is 0 Å². The van der Waals surface area contributed by atoms with Crippen molar-refractivity contribution in [3.8, 4) is 11.4 Å². The van der Waals surface area contributed by atoms with E-state index in [2.05, 4.69) is 28.7 Å². The third kappa shape index (κ3) is 3.55. The molecule has 1 aromatic heterocycles. The molecule has 0 saturated carbocycles. The van der Waals surface area contributed by atoms with Crippen LogP contribution in [-0.4, -0.2) is 57.9 Å². The summed E-state index contributed by atoms with van der Waals surface area (Å²) in [6.45, 7) is 7.66. The highest BCUT2D eigenvalue weighted by molar-refractivity contribution is 6.04. The standard InChI is InChI=1S/C22H24N4O/c1-16(2)25-12-14-26(15-13-25)22(27)20-18-10-6-7-11-19(18)23-21(24-20)17-8-4-3-5-9-17/h3-11,16H,12-15H2,1-2H3. The Balaban J connectivity index is 1.71. The summed E-state index contributed by atoms with van der Waals surface area (Å²) in [4.78, 5) is 27.0. The summed E-state index contributed by atoms with van der Waals surface area (Å²) in [6, 6.07) is 18.1. The Kier molecular flexibility index (Phi) is 4.86. The van der Waals surface area contributed by atoms with Gasteiger partial charge in [-0.3, -0.25) is 9.69 Å². The Morgan fingerprint density at radius 2 is 1.56 bits per heavy atom. The molecule has 1 fully saturated rings. The lowest BCUT2D eigenvalue weighted by Crippen LogP contribution is -2.50. The number of para-hydroxylation sites is 1. The number of aromatic nitrogens is 2. The summed E-state index contributed by atoms with van der Waals surface area (Å²) in [5, 5.41) is 0.813. The van der Waals surface area contributed by atoms with Gasteiger partial charge >= 0.3 is 0 Å². The van der Waals surface area contributed by atoms with Gasteiger partial charge in [-0.15, -0.1) is 0 Å². The molecule has 138 valence electrons. The summed E-state index contributed by atoms with van der Waals surface area (Å²) in [5.41, 5.74) is 2.22. The smallest absolute Gasteiger partial charge is 0.273 e. The minimum atomic E-state index is -0.00538. The number of amides is 1. The molecule has 2 heterocycles. The van der Waals surface area contributed by atoms with E-state index in [4.69, 9.17) is 0 Å². The van der Waals surface area contributed by atoms with Gasteiger partial charge in [0, 0.05) is 43.2 Å². The van der Waals surface area contributed by atoms with Crippen LogP contribution in [0, 0.1) is 0 Å². The summed E-state index contributed by atoms with van der Waals surface area (Å²) < 4.78 is 0. The van der Waals surface area contributed by atoms with Crippen molar-refractivity contribution in [1.82, 2.24) is 19.8 Å². The fourth-order valence-electron chi connectivity index (χ4n) is 3.55. The quantitative estimate of drug-likeness (QED) is 0.718. The lowest BCUT2D eigenvalue weighted by atomic mass is 10.1. The SMILES string of the molecule is CC(C)N1CCN(C(=O)c2nc(-c3ccccc3)nc3ccccc23)CC1. The van der Waals surface area contributed by atoms with Gasteiger partial charge in [-0.1, -0.05) is 48.5 Å². The van der Waals surface area contributed by atoms with Gasteiger partial charge in [-0.05, 0) is 19.9 Å². The first kappa shape index (κ1) is 17.6. The molecule has 1 aliphatic heterocycles. The molecule has 5 nitrogen and oxygen atoms in total. The highest BCUT2D eigenvalue weighted by atomic mass is 16.2. The van der Waals surface area contributed by atoms with Crippen molar-refractivity contribution < 1.29 is 4.79 Å². The fourth-order valence-corrected chi connectivity index (χ4v) is 3.55. The van der Waals surface area contributed by atoms with Crippen LogP contribution in [0.3, 0.4) is 0 Å². The molecule has 0 aliphatic carbocycles. The number of benzene rings is 2. The third-order valence-electron chi connectivity index (χ3n) is 5.17. The van der Waals surface area contributed by atoms with Crippen molar-refractivity contribution in [3.63, 3.8) is 0 Å². The van der Waals surface area contributed by atoms with Crippen LogP contribution >= 0.6 is 0 Å². The van der Waals surface area contributed by atoms with Crippen LogP contribution in [0.5, 0.6) is 0 Å². The zero-order valence-electron chi connectivity index (χ0n) is 15.8. The van der Waals surface area contributed by atoms with Crippen molar-refractivity contribution in [2.75, 3.05) is 26.2 Å². The molecular weight excluding hydrogens is 336 g/mol. The van der Waals surface area contributed by atoms with Crippen molar-refractivity contribution in [3.05, 3.63) is 60.3 Å². The third-order valence-corrected chi connectivity index (χ3v) is 5.17. The maximum absolute atomic E-state index is 13.3. The zero-order chi connectivity index (χ0) is 18.8. The van der Waals surface area contributed by atoms with Crippen LogP contribution in [0.15, 0.2) is 54.6 Å². The summed E-state index contributed by atoms with van der Waals surface area (Å²) >= 11 is 0. The molecule has 1 amide bonds. The normalized spacial score (nSPS) is 15.4. The molecular formula is C22H24N4O. The average molecular weight is 360 g/mol. The van der Waals surface area contributed by atoms with E-state index in [1.165, 1.54) is 0 Å². The molecule has 1 aliphatic rings. The molecule has 3 aromatic rings. The minimum absolute atomic E-state index is 0.00538. The van der Waals surface area contributed by atoms with E-state index in [-0.39, 0.29) is 5.91 Å². The molecule has 0 spiro atoms. The van der Waals surface area contributed by atoms with E-state index in [1.807, 2.05) is 59.5 Å². The Bertz CT molecular complexity index is 947. The highest BCUT2D eigenvalue weighted by Crippen LogP contribution is 2.23. The van der Waals surface area contributed by atoms with Gasteiger partial charge in [0.05, 0.1) is 5.52 Å². The predicted octanol–water partition coefficient (Wildman–Crippen LogP) is 3.46. The first-order valence-corrected chi connectivity index (χ1v) is 9.49. The average Bonchev–Trinajstić information content (AvgIpc) is 2.73. The Hall–Kier alpha value is -2.79.